The predicted octanol–water partition coefficient (Wildman–Crippen LogP) is 2.39. The van der Waals surface area contributed by atoms with Crippen LogP contribution in [0, 0.1) is 5.92 Å². The molecule has 96 valence electrons. The van der Waals surface area contributed by atoms with Gasteiger partial charge >= 0.3 is 5.97 Å². The van der Waals surface area contributed by atoms with E-state index >= 15 is 0 Å². The number of carbonyl (C=O) groups excluding carboxylic acids is 1. The predicted molar refractivity (Wildman–Crippen MR) is 69.0 cm³/mol. The molecule has 0 saturated carbocycles. The summed E-state index contributed by atoms with van der Waals surface area (Å²) in [7, 11) is 0. The van der Waals surface area contributed by atoms with Gasteiger partial charge in [0.1, 0.15) is 12.6 Å². The monoisotopic (exact) mass is 245 g/mol. The van der Waals surface area contributed by atoms with Gasteiger partial charge in [-0.1, -0.05) is 37.3 Å². The third-order valence-electron chi connectivity index (χ3n) is 4.15. The average Bonchev–Trinajstić information content (AvgIpc) is 2.41. The standard InChI is InChI=1S/C15H19NO2/c1-11-7-8-16-13(9-11)15(17)18-10-14(16)12-5-3-2-4-6-12/h2-6,11,13-14H,7-10H2,1H3/t11-,13-,14+/m1/s1. The molecule has 18 heavy (non-hydrogen) atoms. The van der Waals surface area contributed by atoms with Crippen molar-refractivity contribution in [3.8, 4) is 0 Å². The molecule has 0 unspecified atom stereocenters. The highest BCUT2D eigenvalue weighted by Crippen LogP contribution is 2.34. The number of hydrogen-bond acceptors (Lipinski definition) is 3. The molecule has 0 amide bonds. The van der Waals surface area contributed by atoms with Crippen LogP contribution in [0.3, 0.4) is 0 Å². The third kappa shape index (κ3) is 2.03. The Balaban J connectivity index is 1.86. The van der Waals surface area contributed by atoms with Crippen LogP contribution in [0.1, 0.15) is 31.4 Å². The molecular formula is C15H19NO2. The highest BCUT2D eigenvalue weighted by Gasteiger charge is 2.41. The number of ether oxygens (including phenoxy) is 1. The second-order valence-corrected chi connectivity index (χ2v) is 5.44. The number of cyclic esters (lactones) is 1. The summed E-state index contributed by atoms with van der Waals surface area (Å²) in [5, 5.41) is 0. The molecule has 2 saturated heterocycles. The van der Waals surface area contributed by atoms with Crippen molar-refractivity contribution in [3.63, 3.8) is 0 Å². The first-order valence-corrected chi connectivity index (χ1v) is 6.73. The summed E-state index contributed by atoms with van der Waals surface area (Å²) in [4.78, 5) is 14.2. The van der Waals surface area contributed by atoms with E-state index in [2.05, 4.69) is 24.0 Å². The van der Waals surface area contributed by atoms with E-state index in [0.29, 0.717) is 12.5 Å². The maximum Gasteiger partial charge on any atom is 0.323 e. The van der Waals surface area contributed by atoms with Crippen LogP contribution in [-0.2, 0) is 9.53 Å². The zero-order valence-electron chi connectivity index (χ0n) is 10.7. The molecule has 3 rings (SSSR count). The summed E-state index contributed by atoms with van der Waals surface area (Å²) in [6.45, 7) is 3.71. The van der Waals surface area contributed by atoms with E-state index in [-0.39, 0.29) is 18.1 Å². The smallest absolute Gasteiger partial charge is 0.323 e. The van der Waals surface area contributed by atoms with Gasteiger partial charge in [-0.3, -0.25) is 9.69 Å². The fraction of sp³-hybridized carbons (Fsp3) is 0.533. The van der Waals surface area contributed by atoms with Crippen LogP contribution in [0.15, 0.2) is 30.3 Å². The first kappa shape index (κ1) is 11.7. The number of rotatable bonds is 1. The number of fused-ring (bicyclic) bond motifs is 1. The Hall–Kier alpha value is -1.35. The number of benzene rings is 1. The summed E-state index contributed by atoms with van der Waals surface area (Å²) in [5.41, 5.74) is 1.25. The molecule has 3 nitrogen and oxygen atoms in total. The molecule has 0 bridgehead atoms. The molecule has 1 aromatic carbocycles. The Bertz CT molecular complexity index is 431. The normalized spacial score (nSPS) is 32.7. The van der Waals surface area contributed by atoms with E-state index < -0.39 is 0 Å². The lowest BCUT2D eigenvalue weighted by molar-refractivity contribution is -0.166. The van der Waals surface area contributed by atoms with Gasteiger partial charge in [0, 0.05) is 0 Å². The van der Waals surface area contributed by atoms with Crippen molar-refractivity contribution < 1.29 is 9.53 Å². The number of hydrogen-bond donors (Lipinski definition) is 0. The summed E-state index contributed by atoms with van der Waals surface area (Å²) < 4.78 is 5.38. The van der Waals surface area contributed by atoms with Gasteiger partial charge in [0.25, 0.3) is 0 Å². The lowest BCUT2D eigenvalue weighted by atomic mass is 9.89. The van der Waals surface area contributed by atoms with Gasteiger partial charge in [0.2, 0.25) is 0 Å². The fourth-order valence-corrected chi connectivity index (χ4v) is 3.08. The van der Waals surface area contributed by atoms with E-state index in [1.165, 1.54) is 12.0 Å². The molecular weight excluding hydrogens is 226 g/mol. The van der Waals surface area contributed by atoms with Crippen LogP contribution >= 0.6 is 0 Å². The Kier molecular flexibility index (Phi) is 3.08. The lowest BCUT2D eigenvalue weighted by Gasteiger charge is -2.45. The van der Waals surface area contributed by atoms with Crippen molar-refractivity contribution in [2.75, 3.05) is 13.2 Å². The molecule has 0 aliphatic carbocycles. The molecule has 3 atom stereocenters. The first-order chi connectivity index (χ1) is 8.75. The minimum absolute atomic E-state index is 0.0336. The second kappa shape index (κ2) is 4.73. The molecule has 2 aliphatic rings. The van der Waals surface area contributed by atoms with Crippen LogP contribution in [0.25, 0.3) is 0 Å². The van der Waals surface area contributed by atoms with Crippen molar-refractivity contribution >= 4 is 5.97 Å². The van der Waals surface area contributed by atoms with E-state index in [9.17, 15) is 4.79 Å². The Morgan fingerprint density at radius 1 is 1.22 bits per heavy atom. The molecule has 0 N–H and O–H groups in total. The minimum atomic E-state index is -0.0345. The zero-order valence-corrected chi connectivity index (χ0v) is 10.7. The average molecular weight is 245 g/mol. The Morgan fingerprint density at radius 3 is 2.78 bits per heavy atom. The van der Waals surface area contributed by atoms with Gasteiger partial charge in [-0.05, 0) is 30.9 Å². The van der Waals surface area contributed by atoms with Crippen LogP contribution in [0.4, 0.5) is 0 Å². The van der Waals surface area contributed by atoms with Gasteiger partial charge in [-0.25, -0.2) is 0 Å². The van der Waals surface area contributed by atoms with Crippen LogP contribution in [0.2, 0.25) is 0 Å². The van der Waals surface area contributed by atoms with Crippen molar-refractivity contribution in [2.45, 2.75) is 31.8 Å². The number of carbonyl (C=O) groups is 1. The van der Waals surface area contributed by atoms with Gasteiger partial charge in [-0.15, -0.1) is 0 Å². The fourth-order valence-electron chi connectivity index (χ4n) is 3.08. The van der Waals surface area contributed by atoms with E-state index in [4.69, 9.17) is 4.74 Å². The molecule has 0 radical (unpaired) electrons. The van der Waals surface area contributed by atoms with E-state index in [0.717, 1.165) is 13.0 Å². The maximum absolute atomic E-state index is 11.9. The first-order valence-electron chi connectivity index (χ1n) is 6.73. The molecule has 2 heterocycles. The molecule has 3 heteroatoms. The highest BCUT2D eigenvalue weighted by atomic mass is 16.5. The Morgan fingerprint density at radius 2 is 2.00 bits per heavy atom. The summed E-state index contributed by atoms with van der Waals surface area (Å²) >= 11 is 0. The van der Waals surface area contributed by atoms with Crippen molar-refractivity contribution in [1.29, 1.82) is 0 Å². The number of nitrogens with zero attached hydrogens (tertiary/aromatic N) is 1. The van der Waals surface area contributed by atoms with Gasteiger partial charge in [-0.2, -0.15) is 0 Å². The quantitative estimate of drug-likeness (QED) is 0.711. The molecule has 2 aliphatic heterocycles. The number of esters is 1. The van der Waals surface area contributed by atoms with Crippen LogP contribution in [0.5, 0.6) is 0 Å². The minimum Gasteiger partial charge on any atom is -0.462 e. The third-order valence-corrected chi connectivity index (χ3v) is 4.15. The zero-order chi connectivity index (χ0) is 12.5. The molecule has 2 fully saturated rings. The van der Waals surface area contributed by atoms with Crippen LogP contribution < -0.4 is 0 Å². The van der Waals surface area contributed by atoms with Crippen molar-refractivity contribution in [3.05, 3.63) is 35.9 Å². The molecule has 0 spiro atoms. The lowest BCUT2D eigenvalue weighted by Crippen LogP contribution is -2.54. The topological polar surface area (TPSA) is 29.5 Å². The van der Waals surface area contributed by atoms with E-state index in [1.54, 1.807) is 0 Å². The number of morpholine rings is 1. The van der Waals surface area contributed by atoms with E-state index in [1.807, 2.05) is 18.2 Å². The molecule has 0 aromatic heterocycles. The molecule has 1 aromatic rings. The summed E-state index contributed by atoms with van der Waals surface area (Å²) in [6.07, 6.45) is 2.11. The summed E-state index contributed by atoms with van der Waals surface area (Å²) in [6, 6.07) is 10.6. The summed E-state index contributed by atoms with van der Waals surface area (Å²) in [5.74, 6) is 0.585. The Labute approximate surface area is 108 Å². The van der Waals surface area contributed by atoms with Gasteiger partial charge < -0.3 is 4.74 Å². The van der Waals surface area contributed by atoms with Crippen LogP contribution in [-0.4, -0.2) is 30.1 Å². The largest absolute Gasteiger partial charge is 0.462 e. The van der Waals surface area contributed by atoms with Crippen molar-refractivity contribution in [1.82, 2.24) is 4.90 Å². The highest BCUT2D eigenvalue weighted by molar-refractivity contribution is 5.76. The number of piperidine rings is 1. The van der Waals surface area contributed by atoms with Crippen molar-refractivity contribution in [2.24, 2.45) is 5.92 Å². The maximum atomic E-state index is 11.9. The van der Waals surface area contributed by atoms with Gasteiger partial charge in [0.15, 0.2) is 0 Å². The second-order valence-electron chi connectivity index (χ2n) is 5.44. The SMILES string of the molecule is C[C@@H]1CCN2[C@H](C1)C(=O)OC[C@H]2c1ccccc1. The van der Waals surface area contributed by atoms with Gasteiger partial charge in [0.05, 0.1) is 6.04 Å².